The van der Waals surface area contributed by atoms with E-state index in [0.717, 1.165) is 47.0 Å². The van der Waals surface area contributed by atoms with Gasteiger partial charge in [-0.2, -0.15) is 0 Å². The quantitative estimate of drug-likeness (QED) is 0.127. The molecule has 0 fully saturated rings. The van der Waals surface area contributed by atoms with Gasteiger partial charge in [-0.3, -0.25) is 0 Å². The predicted octanol–water partition coefficient (Wildman–Crippen LogP) is 17.7. The third kappa shape index (κ3) is 7.13. The normalized spacial score (nSPS) is 11.4. The van der Waals surface area contributed by atoms with Crippen LogP contribution in [0.25, 0.3) is 65.3 Å². The van der Waals surface area contributed by atoms with E-state index in [-0.39, 0.29) is 0 Å². The Hall–Kier alpha value is -7.94. The number of aryl methyl sites for hydroxylation is 2. The van der Waals surface area contributed by atoms with Crippen molar-refractivity contribution >= 4 is 77.2 Å². The number of hydrogen-bond acceptors (Lipinski definition) is 2. The van der Waals surface area contributed by atoms with Crippen molar-refractivity contribution in [3.05, 3.63) is 242 Å². The maximum Gasteiger partial charge on any atom is 0.0468 e. The second-order valence-electron chi connectivity index (χ2n) is 16.7. The van der Waals surface area contributed by atoms with Crippen molar-refractivity contribution in [1.29, 1.82) is 0 Å². The molecule has 64 heavy (non-hydrogen) atoms. The molecule has 306 valence electrons. The van der Waals surface area contributed by atoms with Crippen LogP contribution in [0, 0.1) is 0 Å². The Morgan fingerprint density at radius 3 is 1.06 bits per heavy atom. The van der Waals surface area contributed by atoms with Crippen molar-refractivity contribution in [2.45, 2.75) is 26.7 Å². The Balaban J connectivity index is 1.26. The van der Waals surface area contributed by atoms with Crippen LogP contribution in [-0.4, -0.2) is 0 Å². The minimum Gasteiger partial charge on any atom is -0.310 e. The number of anilines is 6. The summed E-state index contributed by atoms with van der Waals surface area (Å²) in [6.45, 7) is 4.45. The molecule has 0 amide bonds. The lowest BCUT2D eigenvalue weighted by atomic mass is 9.84. The van der Waals surface area contributed by atoms with Gasteiger partial charge in [0.2, 0.25) is 0 Å². The zero-order valence-electron chi connectivity index (χ0n) is 36.2. The van der Waals surface area contributed by atoms with E-state index in [4.69, 9.17) is 0 Å². The van der Waals surface area contributed by atoms with Crippen LogP contribution in [0.15, 0.2) is 231 Å². The fraction of sp³-hybridized carbons (Fsp3) is 0.0645. The standard InChI is InChI=1S/C62H48N2/c1-3-43-17-15-27-53(37-43)63(51-23-7-5-8-24-51)55-33-35-57-59(41-55)61(49-31-29-45-19-11-13-21-47(45)39-49)58-36-34-56(42-60(58)62(57)50-32-30-46-20-12-14-22-48(46)40-50)64(52-25-9-6-10-26-52)54-28-16-18-44(4-2)38-54/h5-42H,3-4H2,1-2H3. The number of rotatable bonds is 10. The molecule has 11 aromatic carbocycles. The zero-order chi connectivity index (χ0) is 43.0. The fourth-order valence-electron chi connectivity index (χ4n) is 9.67. The summed E-state index contributed by atoms with van der Waals surface area (Å²) in [5.74, 6) is 0. The molecule has 0 aliphatic carbocycles. The molecule has 0 spiro atoms. The number of fused-ring (bicyclic) bond motifs is 4. The van der Waals surface area contributed by atoms with Crippen LogP contribution in [0.2, 0.25) is 0 Å². The molecule has 0 radical (unpaired) electrons. The van der Waals surface area contributed by atoms with Crippen molar-refractivity contribution in [2.24, 2.45) is 0 Å². The van der Waals surface area contributed by atoms with Crippen LogP contribution in [0.1, 0.15) is 25.0 Å². The second-order valence-corrected chi connectivity index (χ2v) is 16.7. The van der Waals surface area contributed by atoms with Gasteiger partial charge in [0.1, 0.15) is 0 Å². The van der Waals surface area contributed by atoms with Crippen molar-refractivity contribution in [1.82, 2.24) is 0 Å². The molecule has 0 atom stereocenters. The van der Waals surface area contributed by atoms with Gasteiger partial charge in [0, 0.05) is 34.1 Å². The lowest BCUT2D eigenvalue weighted by Gasteiger charge is -2.28. The van der Waals surface area contributed by atoms with Gasteiger partial charge in [-0.15, -0.1) is 0 Å². The van der Waals surface area contributed by atoms with Gasteiger partial charge in [-0.05, 0) is 174 Å². The average Bonchev–Trinajstić information content (AvgIpc) is 3.36. The van der Waals surface area contributed by atoms with E-state index in [1.807, 2.05) is 0 Å². The van der Waals surface area contributed by atoms with Crippen molar-refractivity contribution in [3.8, 4) is 22.3 Å². The molecular weight excluding hydrogens is 773 g/mol. The first kappa shape index (κ1) is 38.9. The van der Waals surface area contributed by atoms with Gasteiger partial charge >= 0.3 is 0 Å². The van der Waals surface area contributed by atoms with Crippen LogP contribution in [0.4, 0.5) is 34.1 Å². The Kier molecular flexibility index (Phi) is 10.2. The highest BCUT2D eigenvalue weighted by Crippen LogP contribution is 2.49. The number of benzene rings is 11. The highest BCUT2D eigenvalue weighted by atomic mass is 15.1. The Labute approximate surface area is 375 Å². The second kappa shape index (κ2) is 16.7. The van der Waals surface area contributed by atoms with Crippen LogP contribution >= 0.6 is 0 Å². The van der Waals surface area contributed by atoms with Crippen LogP contribution in [-0.2, 0) is 12.8 Å². The van der Waals surface area contributed by atoms with Crippen molar-refractivity contribution < 1.29 is 0 Å². The number of para-hydroxylation sites is 2. The summed E-state index contributed by atoms with van der Waals surface area (Å²) in [5, 5.41) is 9.74. The van der Waals surface area contributed by atoms with E-state index in [0.29, 0.717) is 0 Å². The van der Waals surface area contributed by atoms with Gasteiger partial charge in [-0.1, -0.05) is 159 Å². The minimum atomic E-state index is 0.967. The molecule has 0 N–H and O–H groups in total. The van der Waals surface area contributed by atoms with E-state index < -0.39 is 0 Å². The molecule has 2 nitrogen and oxygen atoms in total. The van der Waals surface area contributed by atoms with Gasteiger partial charge in [0.25, 0.3) is 0 Å². The molecule has 0 saturated carbocycles. The SMILES string of the molecule is CCc1cccc(N(c2ccccc2)c2ccc3c(-c4ccc5ccccc5c4)c4cc(N(c5ccccc5)c5cccc(CC)c5)ccc4c(-c4ccc5ccccc5c4)c3c2)c1. The van der Waals surface area contributed by atoms with E-state index in [1.165, 1.54) is 76.5 Å². The smallest absolute Gasteiger partial charge is 0.0468 e. The maximum absolute atomic E-state index is 2.44. The van der Waals surface area contributed by atoms with Crippen LogP contribution in [0.3, 0.4) is 0 Å². The third-order valence-electron chi connectivity index (χ3n) is 12.9. The third-order valence-corrected chi connectivity index (χ3v) is 12.9. The highest BCUT2D eigenvalue weighted by molar-refractivity contribution is 6.23. The van der Waals surface area contributed by atoms with Crippen molar-refractivity contribution in [2.75, 3.05) is 9.80 Å². The molecule has 0 saturated heterocycles. The molecular formula is C62H48N2. The molecule has 0 aliphatic rings. The minimum absolute atomic E-state index is 0.967. The molecule has 0 aromatic heterocycles. The Bertz CT molecular complexity index is 3250. The first-order valence-electron chi connectivity index (χ1n) is 22.5. The lowest BCUT2D eigenvalue weighted by Crippen LogP contribution is -2.10. The lowest BCUT2D eigenvalue weighted by molar-refractivity contribution is 1.13. The van der Waals surface area contributed by atoms with Gasteiger partial charge in [0.15, 0.2) is 0 Å². The Morgan fingerprint density at radius 2 is 0.641 bits per heavy atom. The van der Waals surface area contributed by atoms with Gasteiger partial charge in [-0.25, -0.2) is 0 Å². The predicted molar refractivity (Wildman–Crippen MR) is 275 cm³/mol. The topological polar surface area (TPSA) is 6.48 Å². The average molecular weight is 821 g/mol. The highest BCUT2D eigenvalue weighted by Gasteiger charge is 2.23. The molecule has 0 unspecified atom stereocenters. The summed E-state index contributed by atoms with van der Waals surface area (Å²) in [6.07, 6.45) is 1.93. The fourth-order valence-corrected chi connectivity index (χ4v) is 9.67. The van der Waals surface area contributed by atoms with Crippen LogP contribution < -0.4 is 9.80 Å². The Morgan fingerprint density at radius 1 is 0.266 bits per heavy atom. The molecule has 2 heteroatoms. The van der Waals surface area contributed by atoms with Gasteiger partial charge in [0.05, 0.1) is 0 Å². The summed E-state index contributed by atoms with van der Waals surface area (Å²) in [6, 6.07) is 85.2. The molecule has 0 aliphatic heterocycles. The molecule has 0 heterocycles. The summed E-state index contributed by atoms with van der Waals surface area (Å²) < 4.78 is 0. The van der Waals surface area contributed by atoms with Gasteiger partial charge < -0.3 is 9.80 Å². The van der Waals surface area contributed by atoms with E-state index in [1.54, 1.807) is 0 Å². The van der Waals surface area contributed by atoms with Crippen LogP contribution in [0.5, 0.6) is 0 Å². The van der Waals surface area contributed by atoms with E-state index in [9.17, 15) is 0 Å². The summed E-state index contributed by atoms with van der Waals surface area (Å²) >= 11 is 0. The number of nitrogens with zero attached hydrogens (tertiary/aromatic N) is 2. The summed E-state index contributed by atoms with van der Waals surface area (Å²) in [4.78, 5) is 4.82. The first-order chi connectivity index (χ1) is 31.6. The van der Waals surface area contributed by atoms with E-state index in [2.05, 4.69) is 254 Å². The van der Waals surface area contributed by atoms with Crippen molar-refractivity contribution in [3.63, 3.8) is 0 Å². The summed E-state index contributed by atoms with van der Waals surface area (Å²) in [7, 11) is 0. The largest absolute Gasteiger partial charge is 0.310 e. The molecule has 11 rings (SSSR count). The zero-order valence-corrected chi connectivity index (χ0v) is 36.2. The first-order valence-corrected chi connectivity index (χ1v) is 22.5. The maximum atomic E-state index is 2.44. The monoisotopic (exact) mass is 820 g/mol. The number of hydrogen-bond donors (Lipinski definition) is 0. The molecule has 11 aromatic rings. The summed E-state index contributed by atoms with van der Waals surface area (Å²) in [5.41, 5.74) is 14.2. The van der Waals surface area contributed by atoms with E-state index >= 15 is 0 Å². The molecule has 0 bridgehead atoms.